The number of rotatable bonds is 10. The van der Waals surface area contributed by atoms with E-state index in [1.807, 2.05) is 31.1 Å². The Balaban J connectivity index is 2.41. The van der Waals surface area contributed by atoms with Gasteiger partial charge in [-0.1, -0.05) is 12.1 Å². The van der Waals surface area contributed by atoms with Crippen molar-refractivity contribution >= 4 is 11.8 Å². The number of carbonyl (C=O) groups is 2. The molecule has 0 spiro atoms. The molecule has 7 nitrogen and oxygen atoms in total. The second kappa shape index (κ2) is 10.7. The third-order valence-electron chi connectivity index (χ3n) is 3.56. The minimum Gasteiger partial charge on any atom is -0.380 e. The number of hydrogen-bond donors (Lipinski definition) is 3. The Labute approximate surface area is 143 Å². The second-order valence-corrected chi connectivity index (χ2v) is 5.83. The van der Waals surface area contributed by atoms with Gasteiger partial charge in [-0.25, -0.2) is 0 Å². The summed E-state index contributed by atoms with van der Waals surface area (Å²) in [7, 11) is 5.45. The molecule has 4 N–H and O–H groups in total. The van der Waals surface area contributed by atoms with E-state index in [1.165, 1.54) is 7.11 Å². The molecular formula is C17H28N4O3. The number of ether oxygens (including phenoxy) is 1. The third-order valence-corrected chi connectivity index (χ3v) is 3.56. The van der Waals surface area contributed by atoms with Crippen molar-refractivity contribution in [1.29, 1.82) is 0 Å². The van der Waals surface area contributed by atoms with Crippen LogP contribution in [0.5, 0.6) is 0 Å². The zero-order chi connectivity index (χ0) is 17.9. The van der Waals surface area contributed by atoms with Crippen LogP contribution in [-0.2, 0) is 16.1 Å². The highest BCUT2D eigenvalue weighted by Gasteiger charge is 2.11. The SMILES string of the molecule is COC(CN)CC(=O)NCc1ccc(C(=O)NCCN(C)C)cc1. The molecule has 0 radical (unpaired) electrons. The van der Waals surface area contributed by atoms with Gasteiger partial charge in [0.25, 0.3) is 5.91 Å². The first-order valence-corrected chi connectivity index (χ1v) is 7.97. The molecule has 24 heavy (non-hydrogen) atoms. The number of likely N-dealkylation sites (N-methyl/N-ethyl adjacent to an activating group) is 1. The molecule has 1 atom stereocenters. The smallest absolute Gasteiger partial charge is 0.251 e. The lowest BCUT2D eigenvalue weighted by atomic mass is 10.1. The van der Waals surface area contributed by atoms with E-state index < -0.39 is 0 Å². The lowest BCUT2D eigenvalue weighted by Crippen LogP contribution is -2.32. The summed E-state index contributed by atoms with van der Waals surface area (Å²) >= 11 is 0. The summed E-state index contributed by atoms with van der Waals surface area (Å²) in [5.74, 6) is -0.212. The predicted molar refractivity (Wildman–Crippen MR) is 93.6 cm³/mol. The van der Waals surface area contributed by atoms with Crippen LogP contribution in [0.15, 0.2) is 24.3 Å². The van der Waals surface area contributed by atoms with Crippen molar-refractivity contribution in [2.24, 2.45) is 5.73 Å². The van der Waals surface area contributed by atoms with E-state index in [9.17, 15) is 9.59 Å². The Bertz CT molecular complexity index is 513. The van der Waals surface area contributed by atoms with Crippen LogP contribution in [0.2, 0.25) is 0 Å². The molecule has 1 aromatic carbocycles. The van der Waals surface area contributed by atoms with Crippen LogP contribution in [0.4, 0.5) is 0 Å². The van der Waals surface area contributed by atoms with Gasteiger partial charge in [0, 0.05) is 38.9 Å². The highest BCUT2D eigenvalue weighted by atomic mass is 16.5. The molecule has 2 amide bonds. The fraction of sp³-hybridized carbons (Fsp3) is 0.529. The number of nitrogens with one attached hydrogen (secondary N) is 2. The van der Waals surface area contributed by atoms with E-state index >= 15 is 0 Å². The van der Waals surface area contributed by atoms with Crippen molar-refractivity contribution in [3.63, 3.8) is 0 Å². The van der Waals surface area contributed by atoms with Crippen LogP contribution in [0, 0.1) is 0 Å². The van der Waals surface area contributed by atoms with Gasteiger partial charge in [-0.05, 0) is 31.8 Å². The molecule has 0 heterocycles. The molecule has 0 aliphatic rings. The second-order valence-electron chi connectivity index (χ2n) is 5.83. The molecule has 7 heteroatoms. The van der Waals surface area contributed by atoms with Gasteiger partial charge in [0.1, 0.15) is 0 Å². The van der Waals surface area contributed by atoms with Gasteiger partial charge in [-0.2, -0.15) is 0 Å². The maximum Gasteiger partial charge on any atom is 0.251 e. The topological polar surface area (TPSA) is 96.7 Å². The maximum atomic E-state index is 12.0. The van der Waals surface area contributed by atoms with Crippen molar-refractivity contribution in [2.45, 2.75) is 19.1 Å². The summed E-state index contributed by atoms with van der Waals surface area (Å²) in [5, 5.41) is 5.67. The van der Waals surface area contributed by atoms with E-state index in [-0.39, 0.29) is 24.3 Å². The van der Waals surface area contributed by atoms with E-state index in [2.05, 4.69) is 10.6 Å². The Morgan fingerprint density at radius 2 is 1.88 bits per heavy atom. The van der Waals surface area contributed by atoms with E-state index in [1.54, 1.807) is 12.1 Å². The minimum absolute atomic E-state index is 0.0988. The first kappa shape index (κ1) is 20.1. The maximum absolute atomic E-state index is 12.0. The Morgan fingerprint density at radius 1 is 1.21 bits per heavy atom. The zero-order valence-electron chi connectivity index (χ0n) is 14.7. The molecule has 1 aromatic rings. The predicted octanol–water partition coefficient (Wildman–Crippen LogP) is -0.0420. The van der Waals surface area contributed by atoms with Crippen LogP contribution in [0.1, 0.15) is 22.3 Å². The van der Waals surface area contributed by atoms with Gasteiger partial charge in [0.15, 0.2) is 0 Å². The fourth-order valence-corrected chi connectivity index (χ4v) is 2.01. The Hall–Kier alpha value is -1.96. The van der Waals surface area contributed by atoms with Gasteiger partial charge in [-0.3, -0.25) is 9.59 Å². The van der Waals surface area contributed by atoms with Gasteiger partial charge in [0.2, 0.25) is 5.91 Å². The van der Waals surface area contributed by atoms with Crippen LogP contribution < -0.4 is 16.4 Å². The van der Waals surface area contributed by atoms with Crippen molar-refractivity contribution in [3.05, 3.63) is 35.4 Å². The van der Waals surface area contributed by atoms with Crippen molar-refractivity contribution in [3.8, 4) is 0 Å². The number of methoxy groups -OCH3 is 1. The highest BCUT2D eigenvalue weighted by Crippen LogP contribution is 2.05. The van der Waals surface area contributed by atoms with E-state index in [4.69, 9.17) is 10.5 Å². The molecule has 1 rings (SSSR count). The third kappa shape index (κ3) is 7.54. The van der Waals surface area contributed by atoms with Crippen LogP contribution >= 0.6 is 0 Å². The van der Waals surface area contributed by atoms with Crippen molar-refractivity contribution < 1.29 is 14.3 Å². The Morgan fingerprint density at radius 3 is 2.42 bits per heavy atom. The normalized spacial score (nSPS) is 12.0. The number of carbonyl (C=O) groups excluding carboxylic acids is 2. The minimum atomic E-state index is -0.266. The summed E-state index contributed by atoms with van der Waals surface area (Å²) in [6.45, 7) is 2.11. The highest BCUT2D eigenvalue weighted by molar-refractivity contribution is 5.94. The molecule has 1 unspecified atom stereocenters. The summed E-state index contributed by atoms with van der Waals surface area (Å²) in [4.78, 5) is 25.7. The molecular weight excluding hydrogens is 308 g/mol. The van der Waals surface area contributed by atoms with Crippen LogP contribution in [0.3, 0.4) is 0 Å². The van der Waals surface area contributed by atoms with Crippen molar-refractivity contribution in [2.75, 3.05) is 40.8 Å². The summed E-state index contributed by atoms with van der Waals surface area (Å²) < 4.78 is 5.08. The first-order chi connectivity index (χ1) is 11.5. The average Bonchev–Trinajstić information content (AvgIpc) is 2.57. The quantitative estimate of drug-likeness (QED) is 0.557. The summed E-state index contributed by atoms with van der Waals surface area (Å²) in [5.41, 5.74) is 7.02. The molecule has 0 aromatic heterocycles. The van der Waals surface area contributed by atoms with Gasteiger partial charge in [-0.15, -0.1) is 0 Å². The monoisotopic (exact) mass is 336 g/mol. The fourth-order valence-electron chi connectivity index (χ4n) is 2.01. The molecule has 0 saturated heterocycles. The van der Waals surface area contributed by atoms with Crippen molar-refractivity contribution in [1.82, 2.24) is 15.5 Å². The molecule has 0 aliphatic heterocycles. The van der Waals surface area contributed by atoms with Gasteiger partial charge >= 0.3 is 0 Å². The number of hydrogen-bond acceptors (Lipinski definition) is 5. The standard InChI is InChI=1S/C17H28N4O3/c1-21(2)9-8-19-17(23)14-6-4-13(5-7-14)12-20-16(22)10-15(11-18)24-3/h4-7,15H,8-12,18H2,1-3H3,(H,19,23)(H,20,22). The summed E-state index contributed by atoms with van der Waals surface area (Å²) in [6.07, 6.45) is -0.0300. The van der Waals surface area contributed by atoms with E-state index in [0.29, 0.717) is 25.2 Å². The van der Waals surface area contributed by atoms with E-state index in [0.717, 1.165) is 12.1 Å². The molecule has 0 bridgehead atoms. The molecule has 0 saturated carbocycles. The number of benzene rings is 1. The molecule has 134 valence electrons. The lowest BCUT2D eigenvalue weighted by molar-refractivity contribution is -0.123. The Kier molecular flexibility index (Phi) is 8.99. The largest absolute Gasteiger partial charge is 0.380 e. The average molecular weight is 336 g/mol. The van der Waals surface area contributed by atoms with Gasteiger partial charge in [0.05, 0.1) is 12.5 Å². The zero-order valence-corrected chi connectivity index (χ0v) is 14.7. The van der Waals surface area contributed by atoms with Crippen LogP contribution in [0.25, 0.3) is 0 Å². The molecule has 0 aliphatic carbocycles. The lowest BCUT2D eigenvalue weighted by Gasteiger charge is -2.13. The number of amides is 2. The molecule has 0 fully saturated rings. The number of nitrogens with two attached hydrogens (primary N) is 1. The summed E-state index contributed by atoms with van der Waals surface area (Å²) in [6, 6.07) is 7.17. The van der Waals surface area contributed by atoms with Crippen LogP contribution in [-0.4, -0.2) is 63.7 Å². The van der Waals surface area contributed by atoms with Gasteiger partial charge < -0.3 is 26.0 Å². The number of nitrogens with zero attached hydrogens (tertiary/aromatic N) is 1. The first-order valence-electron chi connectivity index (χ1n) is 7.97.